The van der Waals surface area contributed by atoms with Gasteiger partial charge in [-0.3, -0.25) is 4.79 Å². The lowest BCUT2D eigenvalue weighted by atomic mass is 9.97. The molecule has 1 aliphatic rings. The average molecular weight is 496 g/mol. The van der Waals surface area contributed by atoms with Crippen LogP contribution in [0.5, 0.6) is 5.75 Å². The van der Waals surface area contributed by atoms with Crippen molar-refractivity contribution in [3.05, 3.63) is 78.8 Å². The van der Waals surface area contributed by atoms with Gasteiger partial charge in [0.05, 0.1) is 35.9 Å². The van der Waals surface area contributed by atoms with Gasteiger partial charge in [-0.15, -0.1) is 0 Å². The molecule has 4 aromatic rings. The minimum Gasteiger partial charge on any atom is -0.495 e. The topological polar surface area (TPSA) is 96.7 Å². The van der Waals surface area contributed by atoms with Crippen molar-refractivity contribution in [2.45, 2.75) is 13.3 Å². The summed E-state index contributed by atoms with van der Waals surface area (Å²) in [7, 11) is 3.71. The zero-order valence-electron chi connectivity index (χ0n) is 21.2. The normalized spacial score (nSPS) is 13.8. The number of hydrogen-bond acceptors (Lipinski definition) is 7. The molecule has 3 aromatic heterocycles. The first-order valence-corrected chi connectivity index (χ1v) is 12.0. The third kappa shape index (κ3) is 4.94. The van der Waals surface area contributed by atoms with E-state index in [1.54, 1.807) is 13.3 Å². The first kappa shape index (κ1) is 24.2. The predicted octanol–water partition coefficient (Wildman–Crippen LogP) is 4.70. The molecule has 0 spiro atoms. The lowest BCUT2D eigenvalue weighted by molar-refractivity contribution is -0.111. The summed E-state index contributed by atoms with van der Waals surface area (Å²) in [5.74, 6) is 0.738. The van der Waals surface area contributed by atoms with E-state index in [0.717, 1.165) is 53.0 Å². The number of rotatable bonds is 7. The number of methoxy groups -OCH3 is 1. The maximum atomic E-state index is 12.3. The number of aryl methyl sites for hydroxylation is 1. The van der Waals surface area contributed by atoms with Crippen LogP contribution in [0.15, 0.2) is 67.7 Å². The Bertz CT molecular complexity index is 1520. The number of carbonyl (C=O) groups excluding carboxylic acids is 1. The molecular formula is C28H29N7O2. The molecule has 188 valence electrons. The Balaban J connectivity index is 1.55. The summed E-state index contributed by atoms with van der Waals surface area (Å²) in [5.41, 5.74) is 6.96. The van der Waals surface area contributed by atoms with E-state index >= 15 is 0 Å². The molecule has 0 saturated carbocycles. The molecule has 1 amide bonds. The summed E-state index contributed by atoms with van der Waals surface area (Å²) in [6.45, 7) is 7.35. The Kier molecular flexibility index (Phi) is 6.70. The molecule has 9 heteroatoms. The summed E-state index contributed by atoms with van der Waals surface area (Å²) >= 11 is 0. The molecule has 0 saturated heterocycles. The molecule has 0 bridgehead atoms. The molecule has 5 rings (SSSR count). The number of hydrogen-bond donors (Lipinski definition) is 2. The highest BCUT2D eigenvalue weighted by Crippen LogP contribution is 2.38. The van der Waals surface area contributed by atoms with Gasteiger partial charge >= 0.3 is 0 Å². The highest BCUT2D eigenvalue weighted by atomic mass is 16.5. The minimum atomic E-state index is -0.284. The number of ether oxygens (including phenoxy) is 1. The van der Waals surface area contributed by atoms with Crippen molar-refractivity contribution in [3.8, 4) is 17.0 Å². The van der Waals surface area contributed by atoms with Crippen LogP contribution in [0, 0.1) is 6.92 Å². The van der Waals surface area contributed by atoms with Gasteiger partial charge in [0.25, 0.3) is 0 Å². The van der Waals surface area contributed by atoms with Gasteiger partial charge in [0.2, 0.25) is 11.9 Å². The maximum absolute atomic E-state index is 12.3. The zero-order valence-corrected chi connectivity index (χ0v) is 21.2. The second-order valence-electron chi connectivity index (χ2n) is 8.97. The number of anilines is 3. The molecule has 1 aliphatic heterocycles. The molecular weight excluding hydrogens is 466 g/mol. The smallest absolute Gasteiger partial charge is 0.247 e. The van der Waals surface area contributed by atoms with E-state index in [9.17, 15) is 4.79 Å². The quantitative estimate of drug-likeness (QED) is 0.359. The van der Waals surface area contributed by atoms with Gasteiger partial charge in [-0.05, 0) is 61.9 Å². The number of aromatic nitrogens is 4. The second kappa shape index (κ2) is 10.2. The number of likely N-dealkylation sites (N-methyl/N-ethyl adjacent to an activating group) is 1. The number of amides is 1. The van der Waals surface area contributed by atoms with E-state index in [2.05, 4.69) is 45.3 Å². The lowest BCUT2D eigenvalue weighted by Gasteiger charge is -2.24. The van der Waals surface area contributed by atoms with Gasteiger partial charge in [-0.1, -0.05) is 18.7 Å². The van der Waals surface area contributed by atoms with Gasteiger partial charge in [-0.2, -0.15) is 5.10 Å². The monoisotopic (exact) mass is 495 g/mol. The third-order valence-electron chi connectivity index (χ3n) is 6.44. The SMILES string of the molecule is C=CC(=O)Nc1cc(Nc2ncc(C)c(-c3cnn4ccccc34)n2)c(OC)cc1C1=CCN(C)CC1. The Morgan fingerprint density at radius 2 is 2.05 bits per heavy atom. The summed E-state index contributed by atoms with van der Waals surface area (Å²) in [4.78, 5) is 23.8. The largest absolute Gasteiger partial charge is 0.495 e. The fourth-order valence-electron chi connectivity index (χ4n) is 4.43. The number of fused-ring (bicyclic) bond motifs is 1. The number of carbonyl (C=O) groups is 1. The Morgan fingerprint density at radius 1 is 1.19 bits per heavy atom. The van der Waals surface area contributed by atoms with Gasteiger partial charge < -0.3 is 20.3 Å². The second-order valence-corrected chi connectivity index (χ2v) is 8.97. The van der Waals surface area contributed by atoms with Crippen molar-refractivity contribution in [3.63, 3.8) is 0 Å². The Labute approximate surface area is 215 Å². The van der Waals surface area contributed by atoms with Crippen LogP contribution in [0.1, 0.15) is 17.5 Å². The third-order valence-corrected chi connectivity index (χ3v) is 6.44. The number of benzene rings is 1. The van der Waals surface area contributed by atoms with Crippen LogP contribution in [0.4, 0.5) is 17.3 Å². The maximum Gasteiger partial charge on any atom is 0.247 e. The van der Waals surface area contributed by atoms with Gasteiger partial charge in [0.15, 0.2) is 0 Å². The standard InChI is InChI=1S/C28H29N7O2/c1-5-26(36)31-22-15-23(25(37-4)14-20(22)19-9-12-34(3)13-10-19)32-28-29-16-18(2)27(33-28)21-17-30-35-11-7-6-8-24(21)35/h5-9,11,14-17H,1,10,12-13H2,2-4H3,(H,31,36)(H,29,32,33). The summed E-state index contributed by atoms with van der Waals surface area (Å²) < 4.78 is 7.56. The molecule has 0 fully saturated rings. The summed E-state index contributed by atoms with van der Waals surface area (Å²) in [5, 5.41) is 10.7. The number of nitrogens with one attached hydrogen (secondary N) is 2. The van der Waals surface area contributed by atoms with Crippen molar-refractivity contribution in [2.75, 3.05) is 37.9 Å². The van der Waals surface area contributed by atoms with E-state index in [1.807, 2.05) is 54.2 Å². The number of nitrogens with zero attached hydrogens (tertiary/aromatic N) is 5. The fraction of sp³-hybridized carbons (Fsp3) is 0.214. The molecule has 0 aliphatic carbocycles. The minimum absolute atomic E-state index is 0.284. The highest BCUT2D eigenvalue weighted by Gasteiger charge is 2.19. The van der Waals surface area contributed by atoms with E-state index in [4.69, 9.17) is 9.72 Å². The average Bonchev–Trinajstić information content (AvgIpc) is 3.34. The van der Waals surface area contributed by atoms with Crippen molar-refractivity contribution in [1.82, 2.24) is 24.5 Å². The van der Waals surface area contributed by atoms with Crippen LogP contribution in [0.3, 0.4) is 0 Å². The van der Waals surface area contributed by atoms with Crippen LogP contribution in [-0.2, 0) is 4.79 Å². The van der Waals surface area contributed by atoms with Crippen molar-refractivity contribution in [2.24, 2.45) is 0 Å². The van der Waals surface area contributed by atoms with E-state index in [0.29, 0.717) is 23.1 Å². The van der Waals surface area contributed by atoms with E-state index in [1.165, 1.54) is 6.08 Å². The first-order chi connectivity index (χ1) is 18.0. The van der Waals surface area contributed by atoms with Gasteiger partial charge in [0.1, 0.15) is 5.75 Å². The number of pyridine rings is 1. The molecule has 0 unspecified atom stereocenters. The van der Waals surface area contributed by atoms with Crippen LogP contribution in [0.2, 0.25) is 0 Å². The lowest BCUT2D eigenvalue weighted by Crippen LogP contribution is -2.24. The van der Waals surface area contributed by atoms with Crippen LogP contribution < -0.4 is 15.4 Å². The van der Waals surface area contributed by atoms with Crippen molar-refractivity contribution >= 4 is 34.3 Å². The van der Waals surface area contributed by atoms with Crippen molar-refractivity contribution < 1.29 is 9.53 Å². The molecule has 1 aromatic carbocycles. The zero-order chi connectivity index (χ0) is 25.9. The molecule has 4 heterocycles. The first-order valence-electron chi connectivity index (χ1n) is 12.0. The Hall–Kier alpha value is -4.50. The molecule has 9 nitrogen and oxygen atoms in total. The predicted molar refractivity (Wildman–Crippen MR) is 146 cm³/mol. The van der Waals surface area contributed by atoms with Crippen LogP contribution >= 0.6 is 0 Å². The Morgan fingerprint density at radius 3 is 2.81 bits per heavy atom. The molecule has 0 atom stereocenters. The summed E-state index contributed by atoms with van der Waals surface area (Å²) in [6, 6.07) is 9.71. The van der Waals surface area contributed by atoms with Gasteiger partial charge in [-0.25, -0.2) is 14.5 Å². The van der Waals surface area contributed by atoms with Gasteiger partial charge in [0, 0.05) is 36.6 Å². The molecule has 0 radical (unpaired) electrons. The van der Waals surface area contributed by atoms with E-state index in [-0.39, 0.29) is 5.91 Å². The van der Waals surface area contributed by atoms with E-state index < -0.39 is 0 Å². The highest BCUT2D eigenvalue weighted by molar-refractivity contribution is 6.02. The summed E-state index contributed by atoms with van der Waals surface area (Å²) in [6.07, 6.45) is 9.80. The van der Waals surface area contributed by atoms with Crippen LogP contribution in [-0.4, -0.2) is 57.6 Å². The van der Waals surface area contributed by atoms with Crippen LogP contribution in [0.25, 0.3) is 22.3 Å². The van der Waals surface area contributed by atoms with Crippen molar-refractivity contribution in [1.29, 1.82) is 0 Å². The fourth-order valence-corrected chi connectivity index (χ4v) is 4.43. The molecule has 2 N–H and O–H groups in total. The molecule has 37 heavy (non-hydrogen) atoms.